The topological polar surface area (TPSA) is 74.0 Å². The quantitative estimate of drug-likeness (QED) is 0.674. The molecule has 1 saturated heterocycles. The van der Waals surface area contributed by atoms with E-state index in [1.54, 1.807) is 6.26 Å². The number of benzene rings is 2. The van der Waals surface area contributed by atoms with Gasteiger partial charge in [0.2, 0.25) is 11.6 Å². The number of aliphatic hydroxyl groups is 1. The number of β-amino-alcohol motifs (C(OH)–C–C–N with tert-alkyl or cyclic N) is 1. The zero-order valence-corrected chi connectivity index (χ0v) is 17.0. The molecule has 6 nitrogen and oxygen atoms in total. The van der Waals surface area contributed by atoms with Gasteiger partial charge in [0.05, 0.1) is 18.4 Å². The third kappa shape index (κ3) is 2.99. The molecule has 0 unspecified atom stereocenters. The van der Waals surface area contributed by atoms with E-state index in [1.807, 2.05) is 37.3 Å². The molecule has 1 aliphatic carbocycles. The third-order valence-corrected chi connectivity index (χ3v) is 6.33. The molecule has 0 radical (unpaired) electrons. The second kappa shape index (κ2) is 7.47. The minimum Gasteiger partial charge on any atom is -0.463 e. The summed E-state index contributed by atoms with van der Waals surface area (Å²) in [7, 11) is 0. The molecule has 1 fully saturated rings. The molecule has 2 heterocycles. The summed E-state index contributed by atoms with van der Waals surface area (Å²) in [5.74, 6) is -0.426. The maximum atomic E-state index is 13.1. The van der Waals surface area contributed by atoms with Crippen molar-refractivity contribution in [2.24, 2.45) is 0 Å². The minimum atomic E-state index is -0.478. The Kier molecular flexibility index (Phi) is 4.77. The molecular formula is C24H24N2O4. The van der Waals surface area contributed by atoms with E-state index < -0.39 is 11.6 Å². The van der Waals surface area contributed by atoms with Crippen LogP contribution < -0.4 is 0 Å². The van der Waals surface area contributed by atoms with Crippen LogP contribution in [0.15, 0.2) is 41.0 Å². The minimum absolute atomic E-state index is 0.166. The lowest BCUT2D eigenvalue weighted by Gasteiger charge is -2.34. The smallest absolute Gasteiger partial charge is 0.237 e. The SMILES string of the molecule is Cc1cccc2c3c(ccc12)-c1occ(CN2CCN(CCO)CC2)c1C(=O)C3=O. The van der Waals surface area contributed by atoms with Crippen LogP contribution in [0.4, 0.5) is 0 Å². The van der Waals surface area contributed by atoms with Crippen LogP contribution in [0.2, 0.25) is 0 Å². The zero-order chi connectivity index (χ0) is 20.8. The summed E-state index contributed by atoms with van der Waals surface area (Å²) >= 11 is 0. The number of aliphatic hydroxyl groups excluding tert-OH is 1. The molecule has 0 bridgehead atoms. The van der Waals surface area contributed by atoms with Crippen molar-refractivity contribution < 1.29 is 19.1 Å². The number of hydrogen-bond acceptors (Lipinski definition) is 6. The Morgan fingerprint density at radius 2 is 1.67 bits per heavy atom. The highest BCUT2D eigenvalue weighted by atomic mass is 16.3. The number of aryl methyl sites for hydroxylation is 1. The number of fused-ring (bicyclic) bond motifs is 5. The Hall–Kier alpha value is -2.80. The lowest BCUT2D eigenvalue weighted by Crippen LogP contribution is -2.46. The summed E-state index contributed by atoms with van der Waals surface area (Å²) < 4.78 is 5.87. The molecule has 3 aromatic rings. The highest BCUT2D eigenvalue weighted by Gasteiger charge is 2.37. The maximum Gasteiger partial charge on any atom is 0.237 e. The lowest BCUT2D eigenvalue weighted by atomic mass is 9.83. The highest BCUT2D eigenvalue weighted by Crippen LogP contribution is 2.40. The summed E-state index contributed by atoms with van der Waals surface area (Å²) in [6.07, 6.45) is 1.63. The van der Waals surface area contributed by atoms with Gasteiger partial charge in [0.15, 0.2) is 0 Å². The van der Waals surface area contributed by atoms with Gasteiger partial charge in [-0.2, -0.15) is 0 Å². The highest BCUT2D eigenvalue weighted by molar-refractivity contribution is 6.54. The number of piperazine rings is 1. The molecule has 0 atom stereocenters. The molecule has 154 valence electrons. The van der Waals surface area contributed by atoms with Crippen LogP contribution in [0, 0.1) is 6.92 Å². The van der Waals surface area contributed by atoms with Gasteiger partial charge >= 0.3 is 0 Å². The average Bonchev–Trinajstić information content (AvgIpc) is 3.17. The first-order valence-corrected chi connectivity index (χ1v) is 10.4. The number of carbonyl (C=O) groups is 2. The van der Waals surface area contributed by atoms with Gasteiger partial charge in [0.1, 0.15) is 5.76 Å². The van der Waals surface area contributed by atoms with E-state index in [1.165, 1.54) is 0 Å². The van der Waals surface area contributed by atoms with E-state index in [4.69, 9.17) is 9.52 Å². The van der Waals surface area contributed by atoms with E-state index in [0.29, 0.717) is 35.5 Å². The van der Waals surface area contributed by atoms with Gasteiger partial charge in [0.25, 0.3) is 0 Å². The van der Waals surface area contributed by atoms with E-state index >= 15 is 0 Å². The standard InChI is InChI=1S/C24H24N2O4/c1-15-3-2-4-18-17(15)5-6-19-21(18)23(29)22(28)20-16(14-30-24(19)20)13-26-9-7-25(8-10-26)11-12-27/h2-6,14,27H,7-13H2,1H3. The molecule has 0 saturated carbocycles. The van der Waals surface area contributed by atoms with Gasteiger partial charge in [-0.1, -0.05) is 24.3 Å². The van der Waals surface area contributed by atoms with Crippen molar-refractivity contribution in [3.63, 3.8) is 0 Å². The predicted molar refractivity (Wildman–Crippen MR) is 114 cm³/mol. The van der Waals surface area contributed by atoms with Crippen molar-refractivity contribution in [3.05, 3.63) is 58.8 Å². The number of rotatable bonds is 4. The van der Waals surface area contributed by atoms with Gasteiger partial charge < -0.3 is 9.52 Å². The first kappa shape index (κ1) is 19.2. The number of ketones is 2. The first-order valence-electron chi connectivity index (χ1n) is 10.4. The Labute approximate surface area is 174 Å². The van der Waals surface area contributed by atoms with E-state index in [-0.39, 0.29) is 6.61 Å². The van der Waals surface area contributed by atoms with Crippen molar-refractivity contribution in [2.45, 2.75) is 13.5 Å². The van der Waals surface area contributed by atoms with Crippen molar-refractivity contribution in [1.82, 2.24) is 9.80 Å². The fourth-order valence-electron chi connectivity index (χ4n) is 4.69. The van der Waals surface area contributed by atoms with Crippen LogP contribution in [-0.2, 0) is 6.54 Å². The largest absolute Gasteiger partial charge is 0.463 e. The molecule has 30 heavy (non-hydrogen) atoms. The predicted octanol–water partition coefficient (Wildman–Crippen LogP) is 2.90. The fourth-order valence-corrected chi connectivity index (χ4v) is 4.69. The molecular weight excluding hydrogens is 380 g/mol. The van der Waals surface area contributed by atoms with Crippen LogP contribution in [0.3, 0.4) is 0 Å². The summed E-state index contributed by atoms with van der Waals surface area (Å²) in [5, 5.41) is 10.9. The van der Waals surface area contributed by atoms with Crippen LogP contribution in [0.1, 0.15) is 31.8 Å². The number of furan rings is 1. The third-order valence-electron chi connectivity index (χ3n) is 6.33. The Bertz CT molecular complexity index is 1160. The second-order valence-corrected chi connectivity index (χ2v) is 8.12. The number of nitrogens with zero attached hydrogens (tertiary/aromatic N) is 2. The van der Waals surface area contributed by atoms with Gasteiger partial charge in [-0.25, -0.2) is 0 Å². The lowest BCUT2D eigenvalue weighted by molar-refractivity contribution is 0.0813. The molecule has 6 heteroatoms. The van der Waals surface area contributed by atoms with E-state index in [2.05, 4.69) is 9.80 Å². The average molecular weight is 404 g/mol. The molecule has 1 aromatic heterocycles. The number of hydrogen-bond donors (Lipinski definition) is 1. The van der Waals surface area contributed by atoms with Crippen LogP contribution >= 0.6 is 0 Å². The number of Topliss-reactive ketones (excluding diaryl/α,β-unsaturated/α-hetero) is 2. The van der Waals surface area contributed by atoms with Gasteiger partial charge in [-0.15, -0.1) is 0 Å². The molecule has 0 spiro atoms. The van der Waals surface area contributed by atoms with Crippen molar-refractivity contribution in [3.8, 4) is 11.3 Å². The fraction of sp³-hybridized carbons (Fsp3) is 0.333. The van der Waals surface area contributed by atoms with E-state index in [9.17, 15) is 9.59 Å². The van der Waals surface area contributed by atoms with Gasteiger partial charge in [0, 0.05) is 56.0 Å². The maximum absolute atomic E-state index is 13.1. The zero-order valence-electron chi connectivity index (χ0n) is 17.0. The van der Waals surface area contributed by atoms with Crippen LogP contribution in [0.25, 0.3) is 22.1 Å². The second-order valence-electron chi connectivity index (χ2n) is 8.12. The molecule has 1 N–H and O–H groups in total. The summed E-state index contributed by atoms with van der Waals surface area (Å²) in [6.45, 7) is 6.88. The van der Waals surface area contributed by atoms with Crippen LogP contribution in [-0.4, -0.2) is 65.8 Å². The first-order chi connectivity index (χ1) is 14.6. The molecule has 2 aliphatic rings. The summed E-state index contributed by atoms with van der Waals surface area (Å²) in [4.78, 5) is 30.7. The van der Waals surface area contributed by atoms with Crippen molar-refractivity contribution in [2.75, 3.05) is 39.3 Å². The van der Waals surface area contributed by atoms with Crippen LogP contribution in [0.5, 0.6) is 0 Å². The molecule has 1 aliphatic heterocycles. The Morgan fingerprint density at radius 1 is 0.933 bits per heavy atom. The normalized spacial score (nSPS) is 17.4. The Balaban J connectivity index is 1.51. The Morgan fingerprint density at radius 3 is 2.43 bits per heavy atom. The van der Waals surface area contributed by atoms with Crippen molar-refractivity contribution >= 4 is 22.3 Å². The van der Waals surface area contributed by atoms with Gasteiger partial charge in [-0.3, -0.25) is 19.4 Å². The molecule has 2 aromatic carbocycles. The summed E-state index contributed by atoms with van der Waals surface area (Å²) in [6, 6.07) is 9.70. The molecule has 5 rings (SSSR count). The molecule has 0 amide bonds. The van der Waals surface area contributed by atoms with E-state index in [0.717, 1.165) is 48.1 Å². The summed E-state index contributed by atoms with van der Waals surface area (Å²) in [5.41, 5.74) is 3.41. The van der Waals surface area contributed by atoms with Gasteiger partial charge in [-0.05, 0) is 29.3 Å². The van der Waals surface area contributed by atoms with Crippen molar-refractivity contribution in [1.29, 1.82) is 0 Å². The number of carbonyl (C=O) groups excluding carboxylic acids is 2. The monoisotopic (exact) mass is 404 g/mol.